The fraction of sp³-hybridized carbons (Fsp3) is 0.280. The van der Waals surface area contributed by atoms with Crippen LogP contribution in [0.15, 0.2) is 48.7 Å². The van der Waals surface area contributed by atoms with Crippen LogP contribution in [0.2, 0.25) is 0 Å². The van der Waals surface area contributed by atoms with Crippen LogP contribution in [0.5, 0.6) is 0 Å². The molecule has 186 valence electrons. The average molecular weight is 493 g/mol. The molecule has 6 bridgehead atoms. The molecule has 0 amide bonds. The summed E-state index contributed by atoms with van der Waals surface area (Å²) in [7, 11) is 5.49. The topological polar surface area (TPSA) is 109 Å². The Labute approximate surface area is 206 Å². The number of nitrogen functional groups attached to an aromatic ring is 1. The number of halogens is 2. The highest BCUT2D eigenvalue weighted by Gasteiger charge is 2.39. The molecule has 0 spiro atoms. The first-order valence-corrected chi connectivity index (χ1v) is 11.4. The van der Waals surface area contributed by atoms with Crippen molar-refractivity contribution in [2.45, 2.75) is 18.6 Å². The Balaban J connectivity index is 1.80. The summed E-state index contributed by atoms with van der Waals surface area (Å²) in [4.78, 5) is 7.83. The van der Waals surface area contributed by atoms with Gasteiger partial charge >= 0.3 is 0 Å². The van der Waals surface area contributed by atoms with Gasteiger partial charge in [0.1, 0.15) is 11.5 Å². The lowest BCUT2D eigenvalue weighted by Gasteiger charge is -2.40. The van der Waals surface area contributed by atoms with Crippen LogP contribution < -0.4 is 10.6 Å². The maximum absolute atomic E-state index is 15.7. The molecular weight excluding hydrogens is 466 g/mol. The van der Waals surface area contributed by atoms with Crippen LogP contribution >= 0.6 is 0 Å². The van der Waals surface area contributed by atoms with Gasteiger partial charge in [0.25, 0.3) is 0 Å². The lowest BCUT2D eigenvalue weighted by Crippen LogP contribution is -2.45. The van der Waals surface area contributed by atoms with Crippen molar-refractivity contribution in [2.24, 2.45) is 0 Å². The van der Waals surface area contributed by atoms with Crippen molar-refractivity contribution in [2.75, 3.05) is 38.3 Å². The Morgan fingerprint density at radius 2 is 1.89 bits per heavy atom. The number of rotatable bonds is 4. The standard InChI is InChI=1S/C25H26F2N8O/c1-33(2)11-5-10-25(36)19-8-9-20(22(27)21(19)26)35-24(30-31-32-35)18-13-16(14-29-23(18)28)15-6-4-7-17(12-15)34(25)3/h4,6-9,12-14,36H,5,10-11H2,1-3H3,(H2,28,29). The molecule has 2 aliphatic rings. The molecule has 4 heterocycles. The molecule has 2 aromatic carbocycles. The Bertz CT molecular complexity index is 1440. The number of aromatic nitrogens is 5. The van der Waals surface area contributed by atoms with Gasteiger partial charge in [-0.05, 0) is 73.4 Å². The summed E-state index contributed by atoms with van der Waals surface area (Å²) in [5, 5.41) is 23.5. The van der Waals surface area contributed by atoms with E-state index in [2.05, 4.69) is 20.5 Å². The lowest BCUT2D eigenvalue weighted by molar-refractivity contribution is 0.0208. The van der Waals surface area contributed by atoms with Crippen LogP contribution in [-0.2, 0) is 5.72 Å². The maximum Gasteiger partial charge on any atom is 0.190 e. The van der Waals surface area contributed by atoms with E-state index in [4.69, 9.17) is 5.73 Å². The summed E-state index contributed by atoms with van der Waals surface area (Å²) >= 11 is 0. The van der Waals surface area contributed by atoms with E-state index in [1.54, 1.807) is 30.3 Å². The molecule has 6 rings (SSSR count). The number of hydrogen-bond donors (Lipinski definition) is 2. The van der Waals surface area contributed by atoms with Crippen LogP contribution in [0.25, 0.3) is 28.2 Å². The van der Waals surface area contributed by atoms with Gasteiger partial charge in [-0.25, -0.2) is 13.8 Å². The molecule has 0 fully saturated rings. The second-order valence-electron chi connectivity index (χ2n) is 9.16. The monoisotopic (exact) mass is 492 g/mol. The van der Waals surface area contributed by atoms with E-state index in [1.165, 1.54) is 12.1 Å². The summed E-state index contributed by atoms with van der Waals surface area (Å²) in [5.74, 6) is -2.11. The maximum atomic E-state index is 15.7. The number of nitrogens with zero attached hydrogens (tertiary/aromatic N) is 7. The van der Waals surface area contributed by atoms with Crippen LogP contribution in [0.3, 0.4) is 0 Å². The minimum absolute atomic E-state index is 0.111. The molecule has 9 nitrogen and oxygen atoms in total. The molecule has 0 aliphatic carbocycles. The smallest absolute Gasteiger partial charge is 0.190 e. The van der Waals surface area contributed by atoms with E-state index in [0.717, 1.165) is 15.8 Å². The minimum Gasteiger partial charge on any atom is -0.383 e. The first-order chi connectivity index (χ1) is 17.2. The molecule has 0 saturated carbocycles. The van der Waals surface area contributed by atoms with Crippen molar-refractivity contribution in [3.8, 4) is 28.2 Å². The highest BCUT2D eigenvalue weighted by atomic mass is 19.2. The number of anilines is 2. The Hall–Kier alpha value is -3.96. The first kappa shape index (κ1) is 23.8. The highest BCUT2D eigenvalue weighted by molar-refractivity contribution is 5.78. The van der Waals surface area contributed by atoms with E-state index in [0.29, 0.717) is 24.2 Å². The molecular formula is C25H26F2N8O. The molecule has 11 heteroatoms. The van der Waals surface area contributed by atoms with Crippen LogP contribution in [-0.4, -0.2) is 62.9 Å². The number of fused-ring (bicyclic) bond motifs is 3. The average Bonchev–Trinajstić information content (AvgIpc) is 3.34. The summed E-state index contributed by atoms with van der Waals surface area (Å²) in [6.45, 7) is 0.659. The summed E-state index contributed by atoms with van der Waals surface area (Å²) in [6.07, 6.45) is 2.32. The van der Waals surface area contributed by atoms with Crippen molar-refractivity contribution in [1.82, 2.24) is 30.1 Å². The van der Waals surface area contributed by atoms with Gasteiger partial charge in [-0.15, -0.1) is 5.10 Å². The van der Waals surface area contributed by atoms with Crippen molar-refractivity contribution in [1.29, 1.82) is 0 Å². The van der Waals surface area contributed by atoms with E-state index in [9.17, 15) is 5.11 Å². The van der Waals surface area contributed by atoms with Crippen LogP contribution in [0, 0.1) is 11.6 Å². The lowest BCUT2D eigenvalue weighted by atomic mass is 9.93. The number of aliphatic hydroxyl groups is 1. The minimum atomic E-state index is -1.84. The Morgan fingerprint density at radius 3 is 2.67 bits per heavy atom. The molecule has 4 aromatic rings. The van der Waals surface area contributed by atoms with Crippen LogP contribution in [0.1, 0.15) is 18.4 Å². The number of tetrazole rings is 1. The second kappa shape index (κ2) is 8.92. The quantitative estimate of drug-likeness (QED) is 0.447. The van der Waals surface area contributed by atoms with Gasteiger partial charge in [-0.3, -0.25) is 0 Å². The molecule has 2 aromatic heterocycles. The number of nitrogens with two attached hydrogens (primary N) is 1. The van der Waals surface area contributed by atoms with Crippen LogP contribution in [0.4, 0.5) is 20.3 Å². The summed E-state index contributed by atoms with van der Waals surface area (Å²) < 4.78 is 32.4. The third kappa shape index (κ3) is 3.86. The van der Waals surface area contributed by atoms with E-state index < -0.39 is 17.4 Å². The first-order valence-electron chi connectivity index (χ1n) is 11.4. The van der Waals surface area contributed by atoms with E-state index in [1.807, 2.05) is 37.2 Å². The van der Waals surface area contributed by atoms with E-state index >= 15 is 8.78 Å². The SMILES string of the molecule is CN(C)CCCC1(O)c2ccc(c(F)c2F)-n2nnnc2-c2cc(cnc2N)-c2cccc(c2)N1C. The molecule has 0 radical (unpaired) electrons. The third-order valence-corrected chi connectivity index (χ3v) is 6.60. The molecule has 0 saturated heterocycles. The van der Waals surface area contributed by atoms with Gasteiger partial charge in [-0.1, -0.05) is 12.1 Å². The summed E-state index contributed by atoms with van der Waals surface area (Å²) in [5.41, 5.74) is 6.40. The predicted octanol–water partition coefficient (Wildman–Crippen LogP) is 3.19. The second-order valence-corrected chi connectivity index (χ2v) is 9.16. The Morgan fingerprint density at radius 1 is 1.08 bits per heavy atom. The van der Waals surface area contributed by atoms with E-state index in [-0.39, 0.29) is 29.3 Å². The van der Waals surface area contributed by atoms with Gasteiger partial charge in [0.05, 0.1) is 5.56 Å². The van der Waals surface area contributed by atoms with Gasteiger partial charge in [-0.2, -0.15) is 4.68 Å². The predicted molar refractivity (Wildman–Crippen MR) is 132 cm³/mol. The molecule has 3 N–H and O–H groups in total. The fourth-order valence-electron chi connectivity index (χ4n) is 4.57. The fourth-order valence-corrected chi connectivity index (χ4v) is 4.57. The molecule has 2 aliphatic heterocycles. The van der Waals surface area contributed by atoms with Crippen molar-refractivity contribution in [3.05, 3.63) is 65.9 Å². The van der Waals surface area contributed by atoms with Crippen molar-refractivity contribution in [3.63, 3.8) is 0 Å². The zero-order valence-electron chi connectivity index (χ0n) is 20.2. The molecule has 36 heavy (non-hydrogen) atoms. The van der Waals surface area contributed by atoms with Gasteiger partial charge in [0.2, 0.25) is 0 Å². The normalized spacial score (nSPS) is 16.8. The summed E-state index contributed by atoms with van der Waals surface area (Å²) in [6, 6.07) is 11.9. The van der Waals surface area contributed by atoms with Crippen molar-refractivity contribution >= 4 is 11.5 Å². The molecule has 1 atom stereocenters. The highest BCUT2D eigenvalue weighted by Crippen LogP contribution is 2.39. The van der Waals surface area contributed by atoms with Crippen molar-refractivity contribution < 1.29 is 13.9 Å². The Kier molecular flexibility index (Phi) is 5.89. The number of hydrogen-bond acceptors (Lipinski definition) is 8. The zero-order chi connectivity index (χ0) is 25.6. The number of benzene rings is 2. The molecule has 1 unspecified atom stereocenters. The van der Waals surface area contributed by atoms with Gasteiger partial charge in [0, 0.05) is 36.5 Å². The van der Waals surface area contributed by atoms with Gasteiger partial charge < -0.3 is 20.6 Å². The third-order valence-electron chi connectivity index (χ3n) is 6.60. The number of pyridine rings is 1. The van der Waals surface area contributed by atoms with Gasteiger partial charge in [0.15, 0.2) is 23.2 Å². The zero-order valence-corrected chi connectivity index (χ0v) is 20.2. The largest absolute Gasteiger partial charge is 0.383 e.